The number of anilines is 1. The van der Waals surface area contributed by atoms with Crippen molar-refractivity contribution in [1.29, 1.82) is 0 Å². The van der Waals surface area contributed by atoms with E-state index in [2.05, 4.69) is 22.5 Å². The van der Waals surface area contributed by atoms with Crippen LogP contribution in [-0.2, 0) is 6.54 Å². The molecule has 0 fully saturated rings. The van der Waals surface area contributed by atoms with Crippen molar-refractivity contribution in [3.05, 3.63) is 88.2 Å². The number of nitro benzene ring substituents is 1. The molecular formula is C18H18N4O2. The number of non-ortho nitro benzene ring substituents is 1. The van der Waals surface area contributed by atoms with Crippen molar-refractivity contribution in [3.63, 3.8) is 0 Å². The smallest absolute Gasteiger partial charge is 0.269 e. The van der Waals surface area contributed by atoms with Gasteiger partial charge in [-0.15, -0.1) is 0 Å². The second kappa shape index (κ2) is 6.95. The minimum absolute atomic E-state index is 0.0518. The summed E-state index contributed by atoms with van der Waals surface area (Å²) in [6, 6.07) is 16.6. The molecule has 1 atom stereocenters. The lowest BCUT2D eigenvalue weighted by atomic mass is 10.1. The summed E-state index contributed by atoms with van der Waals surface area (Å²) < 4.78 is 1.90. The SMILES string of the molecule is CC(Nc1ccc([N+](=O)[O-])cc1)c1cnn(Cc2ccccc2)c1. The van der Waals surface area contributed by atoms with Gasteiger partial charge in [0.2, 0.25) is 0 Å². The number of nitro groups is 1. The molecule has 6 heteroatoms. The third-order valence-corrected chi connectivity index (χ3v) is 3.80. The third-order valence-electron chi connectivity index (χ3n) is 3.80. The molecule has 0 radical (unpaired) electrons. The number of hydrogen-bond acceptors (Lipinski definition) is 4. The highest BCUT2D eigenvalue weighted by molar-refractivity contribution is 5.49. The van der Waals surface area contributed by atoms with Gasteiger partial charge in [0.05, 0.1) is 23.7 Å². The first-order chi connectivity index (χ1) is 11.6. The van der Waals surface area contributed by atoms with Gasteiger partial charge in [-0.2, -0.15) is 5.10 Å². The van der Waals surface area contributed by atoms with E-state index in [-0.39, 0.29) is 11.7 Å². The van der Waals surface area contributed by atoms with Gasteiger partial charge in [0, 0.05) is 29.6 Å². The largest absolute Gasteiger partial charge is 0.378 e. The average molecular weight is 322 g/mol. The van der Waals surface area contributed by atoms with Crippen LogP contribution in [0, 0.1) is 10.1 Å². The van der Waals surface area contributed by atoms with Crippen LogP contribution < -0.4 is 5.32 Å². The van der Waals surface area contributed by atoms with E-state index in [0.717, 1.165) is 17.8 Å². The number of nitrogens with zero attached hydrogens (tertiary/aromatic N) is 3. The molecule has 1 N–H and O–H groups in total. The van der Waals surface area contributed by atoms with E-state index in [1.54, 1.807) is 12.1 Å². The van der Waals surface area contributed by atoms with Crippen molar-refractivity contribution in [2.75, 3.05) is 5.32 Å². The van der Waals surface area contributed by atoms with Gasteiger partial charge in [0.1, 0.15) is 0 Å². The summed E-state index contributed by atoms with van der Waals surface area (Å²) >= 11 is 0. The molecule has 3 rings (SSSR count). The van der Waals surface area contributed by atoms with Gasteiger partial charge < -0.3 is 5.32 Å². The maximum Gasteiger partial charge on any atom is 0.269 e. The van der Waals surface area contributed by atoms with Crippen molar-refractivity contribution >= 4 is 11.4 Å². The Hall–Kier alpha value is -3.15. The summed E-state index contributed by atoms with van der Waals surface area (Å²) in [5.74, 6) is 0. The van der Waals surface area contributed by atoms with Crippen molar-refractivity contribution in [2.24, 2.45) is 0 Å². The van der Waals surface area contributed by atoms with Crippen LogP contribution in [0.3, 0.4) is 0 Å². The number of nitrogens with one attached hydrogen (secondary N) is 1. The molecule has 0 bridgehead atoms. The zero-order valence-corrected chi connectivity index (χ0v) is 13.3. The van der Waals surface area contributed by atoms with E-state index < -0.39 is 4.92 Å². The fourth-order valence-corrected chi connectivity index (χ4v) is 2.47. The second-order valence-electron chi connectivity index (χ2n) is 5.63. The van der Waals surface area contributed by atoms with Crippen LogP contribution >= 0.6 is 0 Å². The predicted octanol–water partition coefficient (Wildman–Crippen LogP) is 4.01. The van der Waals surface area contributed by atoms with Crippen LogP contribution in [0.4, 0.5) is 11.4 Å². The number of benzene rings is 2. The maximum absolute atomic E-state index is 10.7. The molecule has 0 aliphatic rings. The molecule has 0 spiro atoms. The average Bonchev–Trinajstić information content (AvgIpc) is 3.05. The number of aromatic nitrogens is 2. The first-order valence-corrected chi connectivity index (χ1v) is 7.69. The standard InChI is InChI=1S/C18H18N4O2/c1-14(20-17-7-9-18(10-8-17)22(23)24)16-11-19-21(13-16)12-15-5-3-2-4-6-15/h2-11,13-14,20H,12H2,1H3. The Balaban J connectivity index is 1.65. The van der Waals surface area contributed by atoms with Gasteiger partial charge in [0.25, 0.3) is 5.69 Å². The highest BCUT2D eigenvalue weighted by atomic mass is 16.6. The van der Waals surface area contributed by atoms with Gasteiger partial charge in [-0.3, -0.25) is 14.8 Å². The lowest BCUT2D eigenvalue weighted by molar-refractivity contribution is -0.384. The topological polar surface area (TPSA) is 73.0 Å². The molecule has 3 aromatic rings. The maximum atomic E-state index is 10.7. The predicted molar refractivity (Wildman–Crippen MR) is 92.9 cm³/mol. The number of rotatable bonds is 6. The van der Waals surface area contributed by atoms with Crippen LogP contribution in [-0.4, -0.2) is 14.7 Å². The zero-order valence-electron chi connectivity index (χ0n) is 13.3. The van der Waals surface area contributed by atoms with E-state index in [0.29, 0.717) is 0 Å². The fraction of sp³-hybridized carbons (Fsp3) is 0.167. The summed E-state index contributed by atoms with van der Waals surface area (Å²) in [5, 5.41) is 18.4. The van der Waals surface area contributed by atoms with E-state index in [1.807, 2.05) is 42.2 Å². The van der Waals surface area contributed by atoms with E-state index >= 15 is 0 Å². The van der Waals surface area contributed by atoms with Gasteiger partial charge >= 0.3 is 0 Å². The molecule has 1 aromatic heterocycles. The van der Waals surface area contributed by atoms with E-state index in [9.17, 15) is 10.1 Å². The molecule has 0 saturated heterocycles. The van der Waals surface area contributed by atoms with E-state index in [1.165, 1.54) is 17.7 Å². The lowest BCUT2D eigenvalue weighted by Gasteiger charge is -2.13. The molecule has 2 aromatic carbocycles. The second-order valence-corrected chi connectivity index (χ2v) is 5.63. The molecule has 6 nitrogen and oxygen atoms in total. The van der Waals surface area contributed by atoms with Gasteiger partial charge in [-0.1, -0.05) is 30.3 Å². The Morgan fingerprint density at radius 2 is 1.88 bits per heavy atom. The minimum Gasteiger partial charge on any atom is -0.378 e. The normalized spacial score (nSPS) is 11.9. The minimum atomic E-state index is -0.402. The highest BCUT2D eigenvalue weighted by Gasteiger charge is 2.10. The fourth-order valence-electron chi connectivity index (χ4n) is 2.47. The van der Waals surface area contributed by atoms with Crippen molar-refractivity contribution in [3.8, 4) is 0 Å². The first-order valence-electron chi connectivity index (χ1n) is 7.69. The molecule has 24 heavy (non-hydrogen) atoms. The molecule has 1 heterocycles. The van der Waals surface area contributed by atoms with Gasteiger partial charge in [-0.25, -0.2) is 0 Å². The Kier molecular flexibility index (Phi) is 4.56. The summed E-state index contributed by atoms with van der Waals surface area (Å²) in [7, 11) is 0. The zero-order chi connectivity index (χ0) is 16.9. The van der Waals surface area contributed by atoms with Gasteiger partial charge in [0.15, 0.2) is 0 Å². The molecule has 0 saturated carbocycles. The van der Waals surface area contributed by atoms with Crippen LogP contribution in [0.1, 0.15) is 24.1 Å². The quantitative estimate of drug-likeness (QED) is 0.549. The molecular weight excluding hydrogens is 304 g/mol. The molecule has 0 aliphatic carbocycles. The van der Waals surface area contributed by atoms with Gasteiger partial charge in [-0.05, 0) is 24.6 Å². The van der Waals surface area contributed by atoms with Crippen molar-refractivity contribution in [1.82, 2.24) is 9.78 Å². The third kappa shape index (κ3) is 3.78. The van der Waals surface area contributed by atoms with Crippen LogP contribution in [0.5, 0.6) is 0 Å². The number of hydrogen-bond donors (Lipinski definition) is 1. The Labute approximate surface area is 139 Å². The molecule has 1 unspecified atom stereocenters. The Morgan fingerprint density at radius 3 is 2.54 bits per heavy atom. The first kappa shape index (κ1) is 15.7. The monoisotopic (exact) mass is 322 g/mol. The Morgan fingerprint density at radius 1 is 1.17 bits per heavy atom. The van der Waals surface area contributed by atoms with Crippen LogP contribution in [0.2, 0.25) is 0 Å². The lowest BCUT2D eigenvalue weighted by Crippen LogP contribution is -2.06. The van der Waals surface area contributed by atoms with Crippen molar-refractivity contribution < 1.29 is 4.92 Å². The summed E-state index contributed by atoms with van der Waals surface area (Å²) in [6.45, 7) is 2.76. The molecule has 0 amide bonds. The van der Waals surface area contributed by atoms with E-state index in [4.69, 9.17) is 0 Å². The van der Waals surface area contributed by atoms with Crippen LogP contribution in [0.25, 0.3) is 0 Å². The van der Waals surface area contributed by atoms with Crippen LogP contribution in [0.15, 0.2) is 67.0 Å². The summed E-state index contributed by atoms with van der Waals surface area (Å²) in [6.07, 6.45) is 3.85. The summed E-state index contributed by atoms with van der Waals surface area (Å²) in [5.41, 5.74) is 3.18. The van der Waals surface area contributed by atoms with Crippen molar-refractivity contribution in [2.45, 2.75) is 19.5 Å². The summed E-state index contributed by atoms with van der Waals surface area (Å²) in [4.78, 5) is 10.3. The molecule has 0 aliphatic heterocycles. The molecule has 122 valence electrons. The Bertz CT molecular complexity index is 813. The highest BCUT2D eigenvalue weighted by Crippen LogP contribution is 2.21.